The number of rotatable bonds is 6. The molecule has 0 aromatic carbocycles. The minimum atomic E-state index is -0.822. The predicted octanol–water partition coefficient (Wildman–Crippen LogP) is 3.18. The van der Waals surface area contributed by atoms with E-state index in [9.17, 15) is 14.9 Å². The molecule has 5 fully saturated rings. The molecular weight excluding hydrogens is 541 g/mol. The number of piperidine rings is 1. The molecule has 6 heterocycles. The van der Waals surface area contributed by atoms with Gasteiger partial charge in [0.05, 0.1) is 17.2 Å². The third-order valence-electron chi connectivity index (χ3n) is 10.9. The molecule has 0 radical (unpaired) electrons. The summed E-state index contributed by atoms with van der Waals surface area (Å²) < 4.78 is 20.7. The molecule has 2 unspecified atom stereocenters. The van der Waals surface area contributed by atoms with Gasteiger partial charge in [-0.25, -0.2) is 4.39 Å². The Morgan fingerprint density at radius 1 is 1.07 bits per heavy atom. The van der Waals surface area contributed by atoms with Crippen LogP contribution >= 0.6 is 11.3 Å². The van der Waals surface area contributed by atoms with Crippen LogP contribution in [0.15, 0.2) is 0 Å². The molecule has 0 bridgehead atoms. The van der Waals surface area contributed by atoms with Crippen LogP contribution in [0.2, 0.25) is 0 Å². The molecule has 214 valence electrons. The second-order valence-electron chi connectivity index (χ2n) is 13.3. The summed E-state index contributed by atoms with van der Waals surface area (Å²) in [5.41, 5.74) is 7.60. The molecule has 4 saturated heterocycles. The van der Waals surface area contributed by atoms with Gasteiger partial charge in [0, 0.05) is 61.3 Å². The molecule has 2 aromatic rings. The number of halogens is 1. The number of ether oxygens (including phenoxy) is 1. The van der Waals surface area contributed by atoms with Crippen LogP contribution in [-0.4, -0.2) is 77.4 Å². The molecule has 10 nitrogen and oxygen atoms in total. The van der Waals surface area contributed by atoms with Crippen LogP contribution in [-0.2, 0) is 11.8 Å². The highest BCUT2D eigenvalue weighted by Gasteiger charge is 2.57. The standard InChI is InChI=1S/C29H34FN9OS/c30-19-11-29(4-1-8-39(29)13-19)17-40-26-35-24(37-9-3-18-10-27(18,14-37)6-7-31)34-25(36-26)38-15-28(16-38)5-2-21-22(28)20(12-32)23(33)41-21/h18-19H,1-6,8-11,13-17,33H2/t18?,19-,27?,29+/m1/s1. The Bertz CT molecular complexity index is 1490. The molecule has 41 heavy (non-hydrogen) atoms. The fourth-order valence-corrected chi connectivity index (χ4v) is 9.84. The number of hydrogen-bond acceptors (Lipinski definition) is 11. The van der Waals surface area contributed by atoms with E-state index in [2.05, 4.69) is 26.8 Å². The Morgan fingerprint density at radius 3 is 2.71 bits per heavy atom. The number of nitriles is 2. The molecule has 2 N–H and O–H groups in total. The molecule has 1 spiro atoms. The van der Waals surface area contributed by atoms with Crippen molar-refractivity contribution in [1.82, 2.24) is 19.9 Å². The molecule has 1 saturated carbocycles. The number of nitrogens with two attached hydrogens (primary N) is 1. The van der Waals surface area contributed by atoms with E-state index >= 15 is 0 Å². The predicted molar refractivity (Wildman–Crippen MR) is 152 cm³/mol. The summed E-state index contributed by atoms with van der Waals surface area (Å²) in [6, 6.07) is 5.02. The van der Waals surface area contributed by atoms with Gasteiger partial charge in [-0.1, -0.05) is 0 Å². The Hall–Kier alpha value is -3.22. The number of anilines is 3. The average Bonchev–Trinajstić information content (AvgIpc) is 3.18. The zero-order valence-corrected chi connectivity index (χ0v) is 23.9. The molecule has 0 amide bonds. The van der Waals surface area contributed by atoms with E-state index in [0.29, 0.717) is 54.4 Å². The van der Waals surface area contributed by atoms with Crippen LogP contribution < -0.4 is 20.3 Å². The van der Waals surface area contributed by atoms with Gasteiger partial charge in [-0.2, -0.15) is 25.5 Å². The number of nitrogens with zero attached hydrogens (tertiary/aromatic N) is 8. The lowest BCUT2D eigenvalue weighted by atomic mass is 9.74. The van der Waals surface area contributed by atoms with Crippen molar-refractivity contribution >= 4 is 28.2 Å². The number of aryl methyl sites for hydroxylation is 1. The molecule has 6 aliphatic rings. The van der Waals surface area contributed by atoms with Gasteiger partial charge in [0.15, 0.2) is 0 Å². The van der Waals surface area contributed by atoms with Crippen molar-refractivity contribution in [3.63, 3.8) is 0 Å². The van der Waals surface area contributed by atoms with Crippen LogP contribution in [0.4, 0.5) is 21.3 Å². The van der Waals surface area contributed by atoms with E-state index < -0.39 is 6.17 Å². The number of aromatic nitrogens is 3. The third kappa shape index (κ3) is 3.83. The summed E-state index contributed by atoms with van der Waals surface area (Å²) >= 11 is 1.55. The molecule has 2 aliphatic carbocycles. The van der Waals surface area contributed by atoms with Gasteiger partial charge in [0.1, 0.15) is 23.8 Å². The van der Waals surface area contributed by atoms with Gasteiger partial charge in [0.25, 0.3) is 0 Å². The Labute approximate surface area is 242 Å². The second-order valence-corrected chi connectivity index (χ2v) is 14.4. The summed E-state index contributed by atoms with van der Waals surface area (Å²) in [6.45, 7) is 4.79. The monoisotopic (exact) mass is 575 g/mol. The van der Waals surface area contributed by atoms with E-state index in [-0.39, 0.29) is 22.4 Å². The molecule has 8 rings (SSSR count). The maximum atomic E-state index is 14.4. The smallest absolute Gasteiger partial charge is 0.323 e. The Kier molecular flexibility index (Phi) is 5.53. The zero-order valence-electron chi connectivity index (χ0n) is 23.1. The highest BCUT2D eigenvalue weighted by molar-refractivity contribution is 7.16. The lowest BCUT2D eigenvalue weighted by molar-refractivity contribution is 0.107. The fraction of sp³-hybridized carbons (Fsp3) is 0.690. The van der Waals surface area contributed by atoms with E-state index in [1.165, 1.54) is 4.88 Å². The maximum Gasteiger partial charge on any atom is 0.323 e. The van der Waals surface area contributed by atoms with E-state index in [4.69, 9.17) is 25.4 Å². The molecule has 4 atom stereocenters. The van der Waals surface area contributed by atoms with Crippen LogP contribution in [0.3, 0.4) is 0 Å². The average molecular weight is 576 g/mol. The van der Waals surface area contributed by atoms with Gasteiger partial charge in [-0.15, -0.1) is 11.3 Å². The van der Waals surface area contributed by atoms with Crippen molar-refractivity contribution in [3.8, 4) is 18.1 Å². The third-order valence-corrected chi connectivity index (χ3v) is 12.0. The lowest BCUT2D eigenvalue weighted by Gasteiger charge is -2.48. The summed E-state index contributed by atoms with van der Waals surface area (Å²) in [4.78, 5) is 22.3. The molecule has 12 heteroatoms. The van der Waals surface area contributed by atoms with Crippen molar-refractivity contribution in [3.05, 3.63) is 16.0 Å². The van der Waals surface area contributed by atoms with E-state index in [0.717, 1.165) is 76.8 Å². The van der Waals surface area contributed by atoms with Crippen LogP contribution in [0.1, 0.15) is 60.9 Å². The van der Waals surface area contributed by atoms with Gasteiger partial charge >= 0.3 is 6.01 Å². The first-order valence-electron chi connectivity index (χ1n) is 14.8. The first-order chi connectivity index (χ1) is 19.9. The molecular formula is C29H34FN9OS. The Morgan fingerprint density at radius 2 is 1.90 bits per heavy atom. The van der Waals surface area contributed by atoms with Crippen molar-refractivity contribution in [2.45, 2.75) is 68.5 Å². The van der Waals surface area contributed by atoms with Crippen LogP contribution in [0.5, 0.6) is 6.01 Å². The van der Waals surface area contributed by atoms with E-state index in [1.54, 1.807) is 11.3 Å². The van der Waals surface area contributed by atoms with Gasteiger partial charge < -0.3 is 20.3 Å². The van der Waals surface area contributed by atoms with Gasteiger partial charge in [0.2, 0.25) is 11.9 Å². The molecule has 2 aromatic heterocycles. The number of fused-ring (bicyclic) bond motifs is 4. The van der Waals surface area contributed by atoms with Crippen molar-refractivity contribution in [2.24, 2.45) is 11.3 Å². The number of nitrogen functional groups attached to an aromatic ring is 1. The number of thiophene rings is 1. The van der Waals surface area contributed by atoms with Crippen molar-refractivity contribution < 1.29 is 9.13 Å². The normalized spacial score (nSPS) is 32.7. The highest BCUT2D eigenvalue weighted by Crippen LogP contribution is 2.60. The fourth-order valence-electron chi connectivity index (χ4n) is 8.70. The van der Waals surface area contributed by atoms with Gasteiger partial charge in [-0.3, -0.25) is 4.90 Å². The zero-order chi connectivity index (χ0) is 28.0. The quantitative estimate of drug-likeness (QED) is 0.548. The summed E-state index contributed by atoms with van der Waals surface area (Å²) in [5, 5.41) is 19.9. The summed E-state index contributed by atoms with van der Waals surface area (Å²) in [5.74, 6) is 1.78. The lowest BCUT2D eigenvalue weighted by Crippen LogP contribution is -2.59. The highest BCUT2D eigenvalue weighted by atomic mass is 32.1. The SMILES string of the molecule is N#CCC12CC1CCN(c1nc(OC[C@@]34CCCN3C[C@H](F)C4)nc(N3CC4(CCc5sc(N)c(C#N)c54)C3)n1)C2. The molecule has 4 aliphatic heterocycles. The summed E-state index contributed by atoms with van der Waals surface area (Å²) in [6.07, 6.45) is 6.25. The van der Waals surface area contributed by atoms with Gasteiger partial charge in [-0.05, 0) is 56.6 Å². The second kappa shape index (κ2) is 8.89. The summed E-state index contributed by atoms with van der Waals surface area (Å²) in [7, 11) is 0. The minimum absolute atomic E-state index is 0.0394. The topological polar surface area (TPSA) is 131 Å². The van der Waals surface area contributed by atoms with Crippen molar-refractivity contribution in [1.29, 1.82) is 10.5 Å². The number of hydrogen-bond donors (Lipinski definition) is 1. The largest absolute Gasteiger partial charge is 0.461 e. The van der Waals surface area contributed by atoms with Crippen LogP contribution in [0, 0.1) is 34.0 Å². The van der Waals surface area contributed by atoms with Crippen LogP contribution in [0.25, 0.3) is 0 Å². The van der Waals surface area contributed by atoms with E-state index in [1.807, 2.05) is 0 Å². The minimum Gasteiger partial charge on any atom is -0.461 e. The maximum absolute atomic E-state index is 14.4. The van der Waals surface area contributed by atoms with Crippen molar-refractivity contribution in [2.75, 3.05) is 61.4 Å². The first-order valence-corrected chi connectivity index (χ1v) is 15.6. The first kappa shape index (κ1) is 25.5. The number of alkyl halides is 1. The Balaban J connectivity index is 1.08.